The Morgan fingerprint density at radius 2 is 1.53 bits per heavy atom. The van der Waals surface area contributed by atoms with Crippen LogP contribution in [-0.4, -0.2) is 24.3 Å². The van der Waals surface area contributed by atoms with Crippen molar-refractivity contribution in [3.63, 3.8) is 0 Å². The molecule has 0 aliphatic carbocycles. The van der Waals surface area contributed by atoms with Crippen molar-refractivity contribution in [3.8, 4) is 0 Å². The zero-order valence-corrected chi connectivity index (χ0v) is 10.1. The molecule has 1 N–H and O–H groups in total. The topological polar surface area (TPSA) is 23.5 Å². The fourth-order valence-electron chi connectivity index (χ4n) is 1.76. The van der Waals surface area contributed by atoms with Crippen molar-refractivity contribution in [2.24, 2.45) is 0 Å². The van der Waals surface area contributed by atoms with Gasteiger partial charge in [0.25, 0.3) is 0 Å². The van der Waals surface area contributed by atoms with Crippen molar-refractivity contribution in [3.05, 3.63) is 30.3 Å². The Morgan fingerprint density at radius 3 is 2.07 bits per heavy atom. The first-order valence-corrected chi connectivity index (χ1v) is 4.84. The minimum atomic E-state index is -0.0834. The second-order valence-electron chi connectivity index (χ2n) is 3.55. The van der Waals surface area contributed by atoms with Crippen LogP contribution in [0.15, 0.2) is 30.3 Å². The highest BCUT2D eigenvalue weighted by Crippen LogP contribution is 2.18. The van der Waals surface area contributed by atoms with Crippen LogP contribution in [0.4, 0.5) is 5.69 Å². The predicted molar refractivity (Wildman–Crippen MR) is 68.4 cm³/mol. The number of halogens is 2. The van der Waals surface area contributed by atoms with Gasteiger partial charge in [0.15, 0.2) is 0 Å². The van der Waals surface area contributed by atoms with Crippen molar-refractivity contribution in [2.75, 3.05) is 18.0 Å². The zero-order valence-electron chi connectivity index (χ0n) is 8.50. The van der Waals surface area contributed by atoms with E-state index in [9.17, 15) is 5.11 Å². The maximum Gasteiger partial charge on any atom is 0.0574 e. The number of hydrogen-bond donors (Lipinski definition) is 1. The van der Waals surface area contributed by atoms with E-state index in [-0.39, 0.29) is 30.9 Å². The number of anilines is 1. The van der Waals surface area contributed by atoms with Crippen LogP contribution < -0.4 is 4.90 Å². The average molecular weight is 250 g/mol. The van der Waals surface area contributed by atoms with E-state index in [4.69, 9.17) is 0 Å². The highest BCUT2D eigenvalue weighted by molar-refractivity contribution is 5.85. The van der Waals surface area contributed by atoms with E-state index < -0.39 is 0 Å². The second kappa shape index (κ2) is 6.94. The van der Waals surface area contributed by atoms with E-state index in [1.165, 1.54) is 5.69 Å². The molecule has 1 aromatic rings. The van der Waals surface area contributed by atoms with Crippen molar-refractivity contribution in [1.82, 2.24) is 0 Å². The van der Waals surface area contributed by atoms with Gasteiger partial charge in [0.1, 0.15) is 0 Å². The van der Waals surface area contributed by atoms with Gasteiger partial charge in [-0.15, -0.1) is 24.8 Å². The van der Waals surface area contributed by atoms with Gasteiger partial charge in [0.05, 0.1) is 6.10 Å². The molecule has 0 radical (unpaired) electrons. The van der Waals surface area contributed by atoms with Gasteiger partial charge in [-0.2, -0.15) is 0 Å². The molecular weight excluding hydrogens is 233 g/mol. The van der Waals surface area contributed by atoms with Gasteiger partial charge < -0.3 is 10.0 Å². The molecule has 1 heterocycles. The summed E-state index contributed by atoms with van der Waals surface area (Å²) in [6.07, 6.45) is 1.71. The van der Waals surface area contributed by atoms with E-state index in [1.807, 2.05) is 6.07 Å². The molecule has 2 rings (SSSR count). The SMILES string of the molecule is Cl.Cl.OC1CCN(c2ccccc2)CC1. The Morgan fingerprint density at radius 1 is 1.00 bits per heavy atom. The lowest BCUT2D eigenvalue weighted by atomic mass is 10.1. The van der Waals surface area contributed by atoms with Gasteiger partial charge in [-0.1, -0.05) is 18.2 Å². The predicted octanol–water partition coefficient (Wildman–Crippen LogP) is 2.49. The van der Waals surface area contributed by atoms with Gasteiger partial charge in [-0.3, -0.25) is 0 Å². The van der Waals surface area contributed by atoms with E-state index >= 15 is 0 Å². The first kappa shape index (κ1) is 14.6. The van der Waals surface area contributed by atoms with Crippen molar-refractivity contribution >= 4 is 30.5 Å². The molecule has 1 aliphatic heterocycles. The van der Waals surface area contributed by atoms with E-state index in [1.54, 1.807) is 0 Å². The third-order valence-corrected chi connectivity index (χ3v) is 2.59. The third kappa shape index (κ3) is 3.90. The monoisotopic (exact) mass is 249 g/mol. The number of rotatable bonds is 1. The summed E-state index contributed by atoms with van der Waals surface area (Å²) in [5, 5.41) is 9.35. The van der Waals surface area contributed by atoms with E-state index in [2.05, 4.69) is 29.2 Å². The standard InChI is InChI=1S/C11H15NO.2ClH/c13-11-6-8-12(9-7-11)10-4-2-1-3-5-10;;/h1-5,11,13H,6-9H2;2*1H. The molecule has 4 heteroatoms. The van der Waals surface area contributed by atoms with Crippen LogP contribution in [0, 0.1) is 0 Å². The van der Waals surface area contributed by atoms with Crippen LogP contribution in [0.1, 0.15) is 12.8 Å². The third-order valence-electron chi connectivity index (χ3n) is 2.59. The molecule has 2 nitrogen and oxygen atoms in total. The fraction of sp³-hybridized carbons (Fsp3) is 0.455. The van der Waals surface area contributed by atoms with Crippen LogP contribution in [0.25, 0.3) is 0 Å². The molecule has 1 saturated heterocycles. The fourth-order valence-corrected chi connectivity index (χ4v) is 1.76. The molecule has 15 heavy (non-hydrogen) atoms. The highest BCUT2D eigenvalue weighted by Gasteiger charge is 2.16. The van der Waals surface area contributed by atoms with Gasteiger partial charge in [-0.05, 0) is 25.0 Å². The normalized spacial score (nSPS) is 16.5. The number of hydrogen-bond acceptors (Lipinski definition) is 2. The average Bonchev–Trinajstić information content (AvgIpc) is 2.20. The molecule has 0 unspecified atom stereocenters. The Labute approximate surface area is 103 Å². The Kier molecular flexibility index (Phi) is 6.73. The summed E-state index contributed by atoms with van der Waals surface area (Å²) in [5.41, 5.74) is 1.27. The number of nitrogens with zero attached hydrogens (tertiary/aromatic N) is 1. The summed E-state index contributed by atoms with van der Waals surface area (Å²) in [6.45, 7) is 1.95. The van der Waals surface area contributed by atoms with Crippen molar-refractivity contribution in [1.29, 1.82) is 0 Å². The minimum Gasteiger partial charge on any atom is -0.393 e. The number of aliphatic hydroxyl groups excluding tert-OH is 1. The summed E-state index contributed by atoms with van der Waals surface area (Å²) >= 11 is 0. The van der Waals surface area contributed by atoms with Crippen LogP contribution >= 0.6 is 24.8 Å². The summed E-state index contributed by atoms with van der Waals surface area (Å²) in [6, 6.07) is 10.4. The molecule has 1 aliphatic rings. The van der Waals surface area contributed by atoms with Crippen molar-refractivity contribution in [2.45, 2.75) is 18.9 Å². The number of aliphatic hydroxyl groups is 1. The maximum absolute atomic E-state index is 9.35. The number of benzene rings is 1. The lowest BCUT2D eigenvalue weighted by Gasteiger charge is -2.31. The quantitative estimate of drug-likeness (QED) is 0.827. The second-order valence-corrected chi connectivity index (χ2v) is 3.55. The van der Waals surface area contributed by atoms with Crippen LogP contribution in [0.5, 0.6) is 0 Å². The molecule has 86 valence electrons. The van der Waals surface area contributed by atoms with Crippen molar-refractivity contribution < 1.29 is 5.11 Å². The van der Waals surface area contributed by atoms with Gasteiger partial charge in [0.2, 0.25) is 0 Å². The minimum absolute atomic E-state index is 0. The van der Waals surface area contributed by atoms with E-state index in [0.717, 1.165) is 25.9 Å². The molecule has 0 spiro atoms. The highest BCUT2D eigenvalue weighted by atomic mass is 35.5. The number of para-hydroxylation sites is 1. The largest absolute Gasteiger partial charge is 0.393 e. The zero-order chi connectivity index (χ0) is 9.10. The lowest BCUT2D eigenvalue weighted by molar-refractivity contribution is 0.145. The molecule has 0 amide bonds. The van der Waals surface area contributed by atoms with Gasteiger partial charge in [0, 0.05) is 18.8 Å². The molecular formula is C11H17Cl2NO. The number of piperidine rings is 1. The van der Waals surface area contributed by atoms with Crippen LogP contribution in [0.3, 0.4) is 0 Å². The molecule has 0 saturated carbocycles. The first-order valence-electron chi connectivity index (χ1n) is 4.84. The van der Waals surface area contributed by atoms with Gasteiger partial charge in [-0.25, -0.2) is 0 Å². The Hall–Kier alpha value is -0.440. The molecule has 0 aromatic heterocycles. The Balaban J connectivity index is 0.000000980. The Bertz CT molecular complexity index is 261. The molecule has 0 bridgehead atoms. The van der Waals surface area contributed by atoms with Crippen LogP contribution in [-0.2, 0) is 0 Å². The smallest absolute Gasteiger partial charge is 0.0574 e. The summed E-state index contributed by atoms with van der Waals surface area (Å²) in [5.74, 6) is 0. The summed E-state index contributed by atoms with van der Waals surface area (Å²) in [4.78, 5) is 2.33. The van der Waals surface area contributed by atoms with Gasteiger partial charge >= 0.3 is 0 Å². The van der Waals surface area contributed by atoms with Crippen LogP contribution in [0.2, 0.25) is 0 Å². The molecule has 0 atom stereocenters. The molecule has 1 aromatic carbocycles. The summed E-state index contributed by atoms with van der Waals surface area (Å²) in [7, 11) is 0. The lowest BCUT2D eigenvalue weighted by Crippen LogP contribution is -2.35. The maximum atomic E-state index is 9.35. The first-order chi connectivity index (χ1) is 6.36. The molecule has 1 fully saturated rings. The summed E-state index contributed by atoms with van der Waals surface area (Å²) < 4.78 is 0. The van der Waals surface area contributed by atoms with E-state index in [0.29, 0.717) is 0 Å².